The summed E-state index contributed by atoms with van der Waals surface area (Å²) in [7, 11) is 0. The van der Waals surface area contributed by atoms with E-state index in [1.54, 1.807) is 0 Å². The Labute approximate surface area is 62.2 Å². The van der Waals surface area contributed by atoms with Crippen molar-refractivity contribution in [2.75, 3.05) is 6.61 Å². The third-order valence-electron chi connectivity index (χ3n) is 2.41. The van der Waals surface area contributed by atoms with Gasteiger partial charge < -0.3 is 9.84 Å². The molecule has 1 N–H and O–H groups in total. The van der Waals surface area contributed by atoms with Crippen LogP contribution in [0.4, 0.5) is 0 Å². The summed E-state index contributed by atoms with van der Waals surface area (Å²) in [5.41, 5.74) is 0.161. The minimum atomic E-state index is -0.528. The quantitative estimate of drug-likeness (QED) is 0.602. The fourth-order valence-corrected chi connectivity index (χ4v) is 1.66. The van der Waals surface area contributed by atoms with Crippen molar-refractivity contribution in [3.8, 4) is 0 Å². The number of aliphatic hydroxyl groups excluding tert-OH is 1. The Morgan fingerprint density at radius 3 is 2.40 bits per heavy atom. The van der Waals surface area contributed by atoms with Crippen molar-refractivity contribution < 1.29 is 9.84 Å². The van der Waals surface area contributed by atoms with Crippen LogP contribution in [0.1, 0.15) is 27.2 Å². The lowest BCUT2D eigenvalue weighted by Crippen LogP contribution is -2.25. The fourth-order valence-electron chi connectivity index (χ4n) is 1.66. The molecular weight excluding hydrogens is 128 g/mol. The highest BCUT2D eigenvalue weighted by Crippen LogP contribution is 2.38. The molecule has 2 heteroatoms. The summed E-state index contributed by atoms with van der Waals surface area (Å²) in [6.07, 6.45) is 0.466. The molecular formula is C8H16O2. The smallest absolute Gasteiger partial charge is 0.157 e. The molecule has 0 aliphatic carbocycles. The van der Waals surface area contributed by atoms with Gasteiger partial charge in [0.1, 0.15) is 0 Å². The van der Waals surface area contributed by atoms with Gasteiger partial charge in [-0.3, -0.25) is 0 Å². The molecule has 0 amide bonds. The summed E-state index contributed by atoms with van der Waals surface area (Å²) in [6, 6.07) is 0. The van der Waals surface area contributed by atoms with Crippen LogP contribution in [0.15, 0.2) is 0 Å². The van der Waals surface area contributed by atoms with Crippen molar-refractivity contribution in [2.24, 2.45) is 11.3 Å². The van der Waals surface area contributed by atoms with Crippen molar-refractivity contribution in [3.05, 3.63) is 0 Å². The Kier molecular flexibility index (Phi) is 2.02. The lowest BCUT2D eigenvalue weighted by atomic mass is 9.80. The molecule has 2 unspecified atom stereocenters. The first-order chi connectivity index (χ1) is 4.58. The van der Waals surface area contributed by atoms with E-state index in [0.717, 1.165) is 6.42 Å². The monoisotopic (exact) mass is 144 g/mol. The highest BCUT2D eigenvalue weighted by Gasteiger charge is 2.40. The largest absolute Gasteiger partial charge is 0.368 e. The van der Waals surface area contributed by atoms with Crippen molar-refractivity contribution in [1.82, 2.24) is 0 Å². The number of rotatable bonds is 1. The van der Waals surface area contributed by atoms with E-state index in [1.165, 1.54) is 0 Å². The molecule has 0 aromatic heterocycles. The zero-order valence-corrected chi connectivity index (χ0v) is 6.92. The van der Waals surface area contributed by atoms with Gasteiger partial charge in [-0.2, -0.15) is 0 Å². The van der Waals surface area contributed by atoms with Crippen LogP contribution in [0.3, 0.4) is 0 Å². The summed E-state index contributed by atoms with van der Waals surface area (Å²) in [6.45, 7) is 7.05. The summed E-state index contributed by atoms with van der Waals surface area (Å²) < 4.78 is 5.13. The van der Waals surface area contributed by atoms with Crippen molar-refractivity contribution in [3.63, 3.8) is 0 Å². The van der Waals surface area contributed by atoms with Gasteiger partial charge in [0.25, 0.3) is 0 Å². The van der Waals surface area contributed by atoms with Crippen LogP contribution < -0.4 is 0 Å². The first-order valence-electron chi connectivity index (χ1n) is 3.87. The maximum absolute atomic E-state index is 9.30. The van der Waals surface area contributed by atoms with E-state index in [1.807, 2.05) is 0 Å². The average molecular weight is 144 g/mol. The highest BCUT2D eigenvalue weighted by molar-refractivity contribution is 4.84. The van der Waals surface area contributed by atoms with E-state index >= 15 is 0 Å². The summed E-state index contributed by atoms with van der Waals surface area (Å²) >= 11 is 0. The molecule has 0 saturated carbocycles. The molecule has 1 heterocycles. The molecule has 0 radical (unpaired) electrons. The van der Waals surface area contributed by atoms with Gasteiger partial charge in [-0.25, -0.2) is 0 Å². The Balaban J connectivity index is 2.63. The molecule has 0 aromatic rings. The van der Waals surface area contributed by atoms with Gasteiger partial charge in [0.05, 0.1) is 6.61 Å². The van der Waals surface area contributed by atoms with Gasteiger partial charge in [-0.05, 0) is 11.8 Å². The molecule has 0 spiro atoms. The average Bonchev–Trinajstić information content (AvgIpc) is 2.07. The number of hydrogen-bond donors (Lipinski definition) is 1. The minimum absolute atomic E-state index is 0.161. The third kappa shape index (κ3) is 1.18. The summed E-state index contributed by atoms with van der Waals surface area (Å²) in [5, 5.41) is 9.30. The predicted molar refractivity (Wildman–Crippen MR) is 39.5 cm³/mol. The maximum atomic E-state index is 9.30. The van der Waals surface area contributed by atoms with Gasteiger partial charge >= 0.3 is 0 Å². The second kappa shape index (κ2) is 2.51. The second-order valence-corrected chi connectivity index (χ2v) is 3.70. The van der Waals surface area contributed by atoms with Crippen LogP contribution >= 0.6 is 0 Å². The van der Waals surface area contributed by atoms with E-state index in [0.29, 0.717) is 12.5 Å². The molecule has 1 aliphatic rings. The van der Waals surface area contributed by atoms with E-state index in [4.69, 9.17) is 4.74 Å². The number of ether oxygens (including phenoxy) is 1. The molecule has 60 valence electrons. The molecule has 1 fully saturated rings. The van der Waals surface area contributed by atoms with Gasteiger partial charge in [0.15, 0.2) is 6.29 Å². The molecule has 0 bridgehead atoms. The van der Waals surface area contributed by atoms with Crippen LogP contribution in [-0.4, -0.2) is 18.0 Å². The third-order valence-corrected chi connectivity index (χ3v) is 2.41. The Hall–Kier alpha value is -0.0800. The topological polar surface area (TPSA) is 29.5 Å². The Bertz CT molecular complexity index is 120. The zero-order chi connectivity index (χ0) is 7.78. The van der Waals surface area contributed by atoms with Crippen LogP contribution in [0.2, 0.25) is 0 Å². The molecule has 1 aliphatic heterocycles. The van der Waals surface area contributed by atoms with Crippen LogP contribution in [-0.2, 0) is 4.74 Å². The SMILES string of the molecule is CCC1C(O)OCC1(C)C. The van der Waals surface area contributed by atoms with Gasteiger partial charge in [0, 0.05) is 5.92 Å². The fraction of sp³-hybridized carbons (Fsp3) is 1.00. The molecule has 1 rings (SSSR count). The molecule has 2 nitrogen and oxygen atoms in total. The molecule has 10 heavy (non-hydrogen) atoms. The van der Waals surface area contributed by atoms with Crippen molar-refractivity contribution >= 4 is 0 Å². The van der Waals surface area contributed by atoms with Crippen molar-refractivity contribution in [2.45, 2.75) is 33.5 Å². The van der Waals surface area contributed by atoms with Crippen molar-refractivity contribution in [1.29, 1.82) is 0 Å². The highest BCUT2D eigenvalue weighted by atomic mass is 16.6. The Morgan fingerprint density at radius 1 is 1.60 bits per heavy atom. The van der Waals surface area contributed by atoms with Gasteiger partial charge in [-0.15, -0.1) is 0 Å². The first kappa shape index (κ1) is 8.02. The molecule has 2 atom stereocenters. The summed E-state index contributed by atoms with van der Waals surface area (Å²) in [4.78, 5) is 0. The van der Waals surface area contributed by atoms with Crippen LogP contribution in [0, 0.1) is 11.3 Å². The molecule has 1 saturated heterocycles. The Morgan fingerprint density at radius 2 is 2.20 bits per heavy atom. The maximum Gasteiger partial charge on any atom is 0.157 e. The van der Waals surface area contributed by atoms with Crippen LogP contribution in [0.5, 0.6) is 0 Å². The lowest BCUT2D eigenvalue weighted by Gasteiger charge is -2.24. The van der Waals surface area contributed by atoms with Gasteiger partial charge in [-0.1, -0.05) is 20.8 Å². The van der Waals surface area contributed by atoms with E-state index in [9.17, 15) is 5.11 Å². The van der Waals surface area contributed by atoms with E-state index < -0.39 is 6.29 Å². The van der Waals surface area contributed by atoms with Gasteiger partial charge in [0.2, 0.25) is 0 Å². The standard InChI is InChI=1S/C8H16O2/c1-4-6-7(9)10-5-8(6,2)3/h6-7,9H,4-5H2,1-3H3. The minimum Gasteiger partial charge on any atom is -0.368 e. The lowest BCUT2D eigenvalue weighted by molar-refractivity contribution is -0.0829. The first-order valence-corrected chi connectivity index (χ1v) is 3.87. The summed E-state index contributed by atoms with van der Waals surface area (Å²) in [5.74, 6) is 0.312. The van der Waals surface area contributed by atoms with Crippen LogP contribution in [0.25, 0.3) is 0 Å². The number of hydrogen-bond acceptors (Lipinski definition) is 2. The van der Waals surface area contributed by atoms with E-state index in [-0.39, 0.29) is 5.41 Å². The normalized spacial score (nSPS) is 38.4. The predicted octanol–water partition coefficient (Wildman–Crippen LogP) is 1.39. The zero-order valence-electron chi connectivity index (χ0n) is 6.92. The molecule has 0 aromatic carbocycles. The number of aliphatic hydroxyl groups is 1. The second-order valence-electron chi connectivity index (χ2n) is 3.70. The van der Waals surface area contributed by atoms with E-state index in [2.05, 4.69) is 20.8 Å².